The van der Waals surface area contributed by atoms with Gasteiger partial charge in [0.15, 0.2) is 16.0 Å². The largest absolute Gasteiger partial charge is 0.461 e. The highest BCUT2D eigenvalue weighted by atomic mass is 35.5. The number of thioether (sulfide) groups is 1. The Labute approximate surface area is 227 Å². The van der Waals surface area contributed by atoms with Crippen molar-refractivity contribution >= 4 is 45.7 Å². The summed E-state index contributed by atoms with van der Waals surface area (Å²) < 4.78 is 46.5. The summed E-state index contributed by atoms with van der Waals surface area (Å²) in [6.07, 6.45) is -1.26. The molecule has 2 aromatic carbocycles. The van der Waals surface area contributed by atoms with Crippen molar-refractivity contribution in [2.24, 2.45) is 0 Å². The van der Waals surface area contributed by atoms with Crippen LogP contribution in [0.25, 0.3) is 17.3 Å². The average molecular weight is 576 g/mol. The van der Waals surface area contributed by atoms with Gasteiger partial charge in [-0.1, -0.05) is 41.6 Å². The Hall–Kier alpha value is -3.61. The Morgan fingerprint density at radius 1 is 1.11 bits per heavy atom. The minimum Gasteiger partial charge on any atom is -0.461 e. The van der Waals surface area contributed by atoms with Gasteiger partial charge in [-0.15, -0.1) is 21.5 Å². The SMILES string of the molecule is O=C(CSc1nnc(-c2ccco2)n1-c1ccccc1)Nc1ncc(Cc2cc(C(F)(F)F)ccc2Cl)s1. The molecule has 0 radical (unpaired) electrons. The number of carbonyl (C=O) groups excluding carboxylic acids is 1. The Morgan fingerprint density at radius 2 is 1.92 bits per heavy atom. The van der Waals surface area contributed by atoms with Gasteiger partial charge < -0.3 is 9.73 Å². The van der Waals surface area contributed by atoms with E-state index < -0.39 is 11.7 Å². The zero-order chi connectivity index (χ0) is 26.7. The molecular weight excluding hydrogens is 559 g/mol. The highest BCUT2D eigenvalue weighted by Gasteiger charge is 2.31. The lowest BCUT2D eigenvalue weighted by Gasteiger charge is -2.09. The molecule has 0 aliphatic rings. The van der Waals surface area contributed by atoms with E-state index >= 15 is 0 Å². The Morgan fingerprint density at radius 3 is 2.66 bits per heavy atom. The molecule has 5 aromatic rings. The quantitative estimate of drug-likeness (QED) is 0.201. The number of rotatable bonds is 8. The monoisotopic (exact) mass is 575 g/mol. The number of hydrogen-bond acceptors (Lipinski definition) is 7. The Balaban J connectivity index is 1.26. The van der Waals surface area contributed by atoms with Crippen LogP contribution in [0.3, 0.4) is 0 Å². The van der Waals surface area contributed by atoms with E-state index in [0.717, 1.165) is 29.2 Å². The van der Waals surface area contributed by atoms with Crippen LogP contribution in [0.2, 0.25) is 5.02 Å². The fraction of sp³-hybridized carbons (Fsp3) is 0.120. The number of hydrogen-bond donors (Lipinski definition) is 1. The summed E-state index contributed by atoms with van der Waals surface area (Å²) in [7, 11) is 0. The third-order valence-electron chi connectivity index (χ3n) is 5.26. The number of thiazole rings is 1. The van der Waals surface area contributed by atoms with E-state index in [1.807, 2.05) is 30.3 Å². The van der Waals surface area contributed by atoms with Gasteiger partial charge in [0, 0.05) is 28.2 Å². The highest BCUT2D eigenvalue weighted by Crippen LogP contribution is 2.33. The zero-order valence-corrected chi connectivity index (χ0v) is 21.7. The molecule has 0 fully saturated rings. The van der Waals surface area contributed by atoms with Crippen LogP contribution in [0.1, 0.15) is 16.0 Å². The van der Waals surface area contributed by atoms with Gasteiger partial charge in [0.2, 0.25) is 11.7 Å². The molecule has 38 heavy (non-hydrogen) atoms. The minimum absolute atomic E-state index is 0.0253. The van der Waals surface area contributed by atoms with Gasteiger partial charge in [-0.05, 0) is 48.0 Å². The van der Waals surface area contributed by atoms with Crippen LogP contribution in [-0.4, -0.2) is 31.4 Å². The van der Waals surface area contributed by atoms with Crippen molar-refractivity contribution in [1.29, 1.82) is 0 Å². The first-order chi connectivity index (χ1) is 18.3. The number of halogens is 4. The maximum Gasteiger partial charge on any atom is 0.416 e. The Kier molecular flexibility index (Phi) is 7.54. The first kappa shape index (κ1) is 26.0. The number of anilines is 1. The normalized spacial score (nSPS) is 11.6. The van der Waals surface area contributed by atoms with Gasteiger partial charge >= 0.3 is 6.18 Å². The lowest BCUT2D eigenvalue weighted by atomic mass is 10.1. The topological polar surface area (TPSA) is 85.8 Å². The summed E-state index contributed by atoms with van der Waals surface area (Å²) in [6, 6.07) is 16.2. The Bertz CT molecular complexity index is 1550. The third-order valence-corrected chi connectivity index (χ3v) is 7.47. The fourth-order valence-corrected chi connectivity index (χ4v) is 5.33. The molecule has 13 heteroatoms. The van der Waals surface area contributed by atoms with Crippen molar-refractivity contribution in [3.05, 3.63) is 94.2 Å². The van der Waals surface area contributed by atoms with Gasteiger partial charge in [-0.3, -0.25) is 9.36 Å². The van der Waals surface area contributed by atoms with Gasteiger partial charge in [0.1, 0.15) is 0 Å². The summed E-state index contributed by atoms with van der Waals surface area (Å²) in [5, 5.41) is 12.3. The van der Waals surface area contributed by atoms with E-state index in [1.54, 1.807) is 23.0 Å². The molecule has 194 valence electrons. The van der Waals surface area contributed by atoms with Crippen LogP contribution in [0, 0.1) is 0 Å². The van der Waals surface area contributed by atoms with E-state index in [4.69, 9.17) is 16.0 Å². The van der Waals surface area contributed by atoms with Crippen molar-refractivity contribution in [3.8, 4) is 17.3 Å². The van der Waals surface area contributed by atoms with Crippen LogP contribution in [0.15, 0.2) is 82.7 Å². The number of nitrogens with one attached hydrogen (secondary N) is 1. The van der Waals surface area contributed by atoms with Crippen LogP contribution in [-0.2, 0) is 17.4 Å². The number of para-hydroxylation sites is 1. The summed E-state index contributed by atoms with van der Waals surface area (Å²) >= 11 is 8.46. The second-order valence-corrected chi connectivity index (χ2v) is 10.4. The van der Waals surface area contributed by atoms with E-state index in [9.17, 15) is 18.0 Å². The predicted molar refractivity (Wildman–Crippen MR) is 140 cm³/mol. The first-order valence-corrected chi connectivity index (χ1v) is 13.2. The van der Waals surface area contributed by atoms with E-state index in [0.29, 0.717) is 32.3 Å². The zero-order valence-electron chi connectivity index (χ0n) is 19.3. The number of amides is 1. The van der Waals surface area contributed by atoms with Crippen LogP contribution in [0.5, 0.6) is 0 Å². The third kappa shape index (κ3) is 5.93. The molecule has 0 spiro atoms. The van der Waals surface area contributed by atoms with E-state index in [2.05, 4.69) is 20.5 Å². The molecule has 3 heterocycles. The van der Waals surface area contributed by atoms with Crippen LogP contribution < -0.4 is 5.32 Å². The first-order valence-electron chi connectivity index (χ1n) is 11.1. The molecule has 3 aromatic heterocycles. The second-order valence-electron chi connectivity index (χ2n) is 7.90. The lowest BCUT2D eigenvalue weighted by molar-refractivity contribution is -0.137. The number of carbonyl (C=O) groups is 1. The van der Waals surface area contributed by atoms with Gasteiger partial charge in [-0.25, -0.2) is 4.98 Å². The standard InChI is InChI=1S/C25H17ClF3N5O2S2/c26-19-9-8-16(25(27,28)29)11-15(19)12-18-13-30-23(38-18)31-21(35)14-37-24-33-32-22(20-7-4-10-36-20)34(24)17-5-2-1-3-6-17/h1-11,13H,12,14H2,(H,30,31,35). The number of nitrogens with zero attached hydrogens (tertiary/aromatic N) is 4. The van der Waals surface area contributed by atoms with Crippen molar-refractivity contribution in [3.63, 3.8) is 0 Å². The molecule has 1 N–H and O–H groups in total. The van der Waals surface area contributed by atoms with Crippen molar-refractivity contribution in [2.75, 3.05) is 11.1 Å². The van der Waals surface area contributed by atoms with Gasteiger partial charge in [0.25, 0.3) is 0 Å². The minimum atomic E-state index is -4.46. The molecule has 0 aliphatic heterocycles. The maximum atomic E-state index is 13.1. The van der Waals surface area contributed by atoms with Crippen LogP contribution >= 0.6 is 34.7 Å². The van der Waals surface area contributed by atoms with Gasteiger partial charge in [0.05, 0.1) is 17.6 Å². The molecule has 0 aliphatic carbocycles. The van der Waals surface area contributed by atoms with E-state index in [1.165, 1.54) is 24.0 Å². The summed E-state index contributed by atoms with van der Waals surface area (Å²) in [6.45, 7) is 0. The van der Waals surface area contributed by atoms with Crippen LogP contribution in [0.4, 0.5) is 18.3 Å². The molecule has 0 atom stereocenters. The number of alkyl halides is 3. The second kappa shape index (κ2) is 11.0. The maximum absolute atomic E-state index is 13.1. The number of aromatic nitrogens is 4. The molecule has 1 amide bonds. The molecule has 7 nitrogen and oxygen atoms in total. The van der Waals surface area contributed by atoms with Gasteiger partial charge in [-0.2, -0.15) is 13.2 Å². The van der Waals surface area contributed by atoms with Crippen molar-refractivity contribution < 1.29 is 22.4 Å². The molecule has 5 rings (SSSR count). The lowest BCUT2D eigenvalue weighted by Crippen LogP contribution is -2.14. The molecule has 0 saturated heterocycles. The molecular formula is C25H17ClF3N5O2S2. The average Bonchev–Trinajstić information content (AvgIpc) is 3.65. The summed E-state index contributed by atoms with van der Waals surface area (Å²) in [4.78, 5) is 17.5. The van der Waals surface area contributed by atoms with Crippen molar-refractivity contribution in [2.45, 2.75) is 17.8 Å². The molecule has 0 bridgehead atoms. The van der Waals surface area contributed by atoms with E-state index in [-0.39, 0.29) is 23.1 Å². The fourth-order valence-electron chi connectivity index (χ4n) is 3.55. The summed E-state index contributed by atoms with van der Waals surface area (Å²) in [5.41, 5.74) is 0.362. The molecule has 0 saturated carbocycles. The summed E-state index contributed by atoms with van der Waals surface area (Å²) in [5.74, 6) is 0.739. The number of furan rings is 1. The molecule has 0 unspecified atom stereocenters. The predicted octanol–water partition coefficient (Wildman–Crippen LogP) is 6.98. The smallest absolute Gasteiger partial charge is 0.416 e. The van der Waals surface area contributed by atoms with Crippen molar-refractivity contribution in [1.82, 2.24) is 19.7 Å². The highest BCUT2D eigenvalue weighted by molar-refractivity contribution is 7.99. The number of benzene rings is 2.